The van der Waals surface area contributed by atoms with Crippen molar-refractivity contribution in [3.63, 3.8) is 0 Å². The third-order valence-electron chi connectivity index (χ3n) is 1.17. The van der Waals surface area contributed by atoms with Gasteiger partial charge >= 0.3 is 11.8 Å². The molecule has 0 aromatic carbocycles. The van der Waals surface area contributed by atoms with Gasteiger partial charge in [0, 0.05) is 19.4 Å². The maximum absolute atomic E-state index is 11.1. The van der Waals surface area contributed by atoms with Crippen LogP contribution in [-0.4, -0.2) is 28.4 Å². The minimum atomic E-state index is -0.726. The number of nitrogens with one attached hydrogen (secondary N) is 2. The smallest absolute Gasteiger partial charge is 0.283 e. The minimum absolute atomic E-state index is 0.679. The molecule has 0 fully saturated rings. The van der Waals surface area contributed by atoms with E-state index >= 15 is 0 Å². The molecule has 2 N–H and O–H groups in total. The van der Waals surface area contributed by atoms with Gasteiger partial charge in [-0.05, 0) is 0 Å². The summed E-state index contributed by atoms with van der Waals surface area (Å²) in [7, 11) is 1.50. The molecule has 0 unspecified atom stereocenters. The number of carbonyl (C=O) groups is 2. The molecule has 64 valence electrons. The summed E-state index contributed by atoms with van der Waals surface area (Å²) < 4.78 is 1.09. The number of rotatable bonds is 1. The van der Waals surface area contributed by atoms with Gasteiger partial charge in [0.15, 0.2) is 0 Å². The topological polar surface area (TPSA) is 76.0 Å². The Morgan fingerprint density at radius 2 is 2.25 bits per heavy atom. The lowest BCUT2D eigenvalue weighted by atomic mass is 10.5. The third kappa shape index (κ3) is 1.67. The summed E-state index contributed by atoms with van der Waals surface area (Å²) in [5.41, 5.74) is 4.50. The first-order valence-electron chi connectivity index (χ1n) is 3.25. The van der Waals surface area contributed by atoms with Crippen LogP contribution in [0.15, 0.2) is 18.7 Å². The van der Waals surface area contributed by atoms with Crippen LogP contribution >= 0.6 is 0 Å². The van der Waals surface area contributed by atoms with Crippen LogP contribution < -0.4 is 10.9 Å². The fraction of sp³-hybridized carbons (Fsp3) is 0.167. The van der Waals surface area contributed by atoms with Crippen molar-refractivity contribution < 1.29 is 9.59 Å². The van der Waals surface area contributed by atoms with Gasteiger partial charge in [-0.15, -0.1) is 0 Å². The number of amides is 1. The molecule has 0 saturated carbocycles. The largest absolute Gasteiger partial charge is 0.324 e. The van der Waals surface area contributed by atoms with Crippen molar-refractivity contribution in [2.75, 3.05) is 7.05 Å². The molecule has 0 bridgehead atoms. The van der Waals surface area contributed by atoms with Crippen molar-refractivity contribution in [1.29, 1.82) is 0 Å². The number of imidazole rings is 1. The predicted octanol–water partition coefficient (Wildman–Crippen LogP) is -1.23. The van der Waals surface area contributed by atoms with Crippen LogP contribution in [0, 0.1) is 0 Å². The van der Waals surface area contributed by atoms with Crippen LogP contribution in [0.1, 0.15) is 4.79 Å². The van der Waals surface area contributed by atoms with Crippen molar-refractivity contribution in [1.82, 2.24) is 20.4 Å². The lowest BCUT2D eigenvalue weighted by molar-refractivity contribution is -0.118. The zero-order valence-corrected chi connectivity index (χ0v) is 6.44. The number of nitrogens with zero attached hydrogens (tertiary/aromatic N) is 2. The van der Waals surface area contributed by atoms with Gasteiger partial charge in [0.25, 0.3) is 0 Å². The minimum Gasteiger partial charge on any atom is -0.283 e. The molecule has 1 aromatic rings. The van der Waals surface area contributed by atoms with Crippen molar-refractivity contribution in [2.45, 2.75) is 0 Å². The monoisotopic (exact) mass is 168 g/mol. The van der Waals surface area contributed by atoms with Crippen LogP contribution in [0.25, 0.3) is 0 Å². The van der Waals surface area contributed by atoms with E-state index in [4.69, 9.17) is 0 Å². The Morgan fingerprint density at radius 3 is 2.75 bits per heavy atom. The highest BCUT2D eigenvalue weighted by Crippen LogP contribution is 1.84. The predicted molar refractivity (Wildman–Crippen MR) is 40.1 cm³/mol. The second kappa shape index (κ2) is 3.63. The molecule has 0 aliphatic heterocycles. The van der Waals surface area contributed by atoms with E-state index < -0.39 is 11.8 Å². The molecular weight excluding hydrogens is 160 g/mol. The summed E-state index contributed by atoms with van der Waals surface area (Å²) in [5, 5.41) is 0. The van der Waals surface area contributed by atoms with Crippen LogP contribution in [0.5, 0.6) is 0 Å². The second-order valence-corrected chi connectivity index (χ2v) is 1.98. The van der Waals surface area contributed by atoms with Gasteiger partial charge in [0.05, 0.1) is 0 Å². The molecule has 0 aliphatic rings. The molecule has 6 heteroatoms. The molecule has 0 saturated heterocycles. The van der Waals surface area contributed by atoms with E-state index in [0.717, 1.165) is 4.57 Å². The first-order valence-corrected chi connectivity index (χ1v) is 3.25. The molecule has 1 rings (SSSR count). The van der Waals surface area contributed by atoms with E-state index in [1.54, 1.807) is 0 Å². The van der Waals surface area contributed by atoms with Crippen LogP contribution in [-0.2, 0) is 4.79 Å². The highest BCUT2D eigenvalue weighted by atomic mass is 16.2. The molecule has 1 heterocycles. The van der Waals surface area contributed by atoms with E-state index in [1.807, 2.05) is 0 Å². The fourth-order valence-electron chi connectivity index (χ4n) is 0.664. The number of hydrazine groups is 1. The number of aromatic nitrogens is 2. The molecule has 0 aliphatic carbocycles. The average molecular weight is 168 g/mol. The molecule has 1 aromatic heterocycles. The first kappa shape index (κ1) is 8.41. The molecule has 0 radical (unpaired) electrons. The molecular formula is C6H8N4O2. The van der Waals surface area contributed by atoms with Crippen molar-refractivity contribution in [3.05, 3.63) is 18.7 Å². The Morgan fingerprint density at radius 1 is 1.50 bits per heavy atom. The van der Waals surface area contributed by atoms with Crippen molar-refractivity contribution >= 4 is 11.8 Å². The Labute approximate surface area is 68.6 Å². The van der Waals surface area contributed by atoms with Crippen LogP contribution in [0.4, 0.5) is 0 Å². The summed E-state index contributed by atoms with van der Waals surface area (Å²) in [6.07, 6.45) is 4.08. The summed E-state index contributed by atoms with van der Waals surface area (Å²) in [5.74, 6) is -1.41. The third-order valence-corrected chi connectivity index (χ3v) is 1.17. The summed E-state index contributed by atoms with van der Waals surface area (Å²) in [6, 6.07) is 0. The number of carbonyl (C=O) groups excluding carboxylic acids is 2. The van der Waals surface area contributed by atoms with Gasteiger partial charge in [-0.3, -0.25) is 19.6 Å². The zero-order chi connectivity index (χ0) is 8.97. The van der Waals surface area contributed by atoms with Crippen molar-refractivity contribution in [2.24, 2.45) is 0 Å². The Bertz CT molecular complexity index is 280. The number of hydrogen-bond donors (Lipinski definition) is 2. The van der Waals surface area contributed by atoms with Gasteiger partial charge in [-0.2, -0.15) is 0 Å². The molecule has 6 nitrogen and oxygen atoms in total. The van der Waals surface area contributed by atoms with Gasteiger partial charge in [-0.1, -0.05) is 0 Å². The summed E-state index contributed by atoms with van der Waals surface area (Å²) in [6.45, 7) is 0. The van der Waals surface area contributed by atoms with Gasteiger partial charge in [0.2, 0.25) is 0 Å². The Kier molecular flexibility index (Phi) is 2.54. The standard InChI is InChI=1S/C6H8N4O2/c1-7-9-5(11)6(12)10-3-2-8-4-10/h2-4,7H,1H3,(H,9,11). The zero-order valence-electron chi connectivity index (χ0n) is 6.44. The van der Waals surface area contributed by atoms with E-state index in [2.05, 4.69) is 15.8 Å². The van der Waals surface area contributed by atoms with Gasteiger partial charge < -0.3 is 0 Å². The normalized spacial score (nSPS) is 9.42. The van der Waals surface area contributed by atoms with E-state index in [0.29, 0.717) is 0 Å². The Hall–Kier alpha value is -1.69. The summed E-state index contributed by atoms with van der Waals surface area (Å²) >= 11 is 0. The second-order valence-electron chi connectivity index (χ2n) is 1.98. The van der Waals surface area contributed by atoms with Crippen LogP contribution in [0.2, 0.25) is 0 Å². The van der Waals surface area contributed by atoms with Crippen LogP contribution in [0.3, 0.4) is 0 Å². The quantitative estimate of drug-likeness (QED) is 0.407. The molecule has 1 amide bonds. The van der Waals surface area contributed by atoms with E-state index in [1.165, 1.54) is 25.8 Å². The number of hydrogen-bond acceptors (Lipinski definition) is 4. The first-order chi connectivity index (χ1) is 5.75. The average Bonchev–Trinajstić information content (AvgIpc) is 2.55. The van der Waals surface area contributed by atoms with E-state index in [-0.39, 0.29) is 0 Å². The maximum Gasteiger partial charge on any atom is 0.324 e. The maximum atomic E-state index is 11.1. The van der Waals surface area contributed by atoms with Gasteiger partial charge in [-0.25, -0.2) is 10.4 Å². The lowest BCUT2D eigenvalue weighted by Gasteiger charge is -2.00. The Balaban J connectivity index is 2.66. The molecule has 0 spiro atoms. The highest BCUT2D eigenvalue weighted by Gasteiger charge is 2.13. The SMILES string of the molecule is CNNC(=O)C(=O)n1ccnc1. The van der Waals surface area contributed by atoms with E-state index in [9.17, 15) is 9.59 Å². The molecule has 0 atom stereocenters. The van der Waals surface area contributed by atoms with Crippen molar-refractivity contribution in [3.8, 4) is 0 Å². The van der Waals surface area contributed by atoms with Gasteiger partial charge in [0.1, 0.15) is 6.33 Å². The summed E-state index contributed by atoms with van der Waals surface area (Å²) in [4.78, 5) is 25.6. The highest BCUT2D eigenvalue weighted by molar-refractivity contribution is 6.35. The lowest BCUT2D eigenvalue weighted by Crippen LogP contribution is -2.41. The fourth-order valence-corrected chi connectivity index (χ4v) is 0.664. The molecule has 12 heavy (non-hydrogen) atoms.